The second kappa shape index (κ2) is 6.96. The SMILES string of the molecule is CC(COc1ccc(F)cc1)NC(=O)NC(C)(CO)C1CC1. The third-order valence-corrected chi connectivity index (χ3v) is 3.90. The quantitative estimate of drug-likeness (QED) is 0.722. The van der Waals surface area contributed by atoms with Crippen LogP contribution >= 0.6 is 0 Å². The zero-order valence-corrected chi connectivity index (χ0v) is 12.9. The lowest BCUT2D eigenvalue weighted by atomic mass is 9.97. The van der Waals surface area contributed by atoms with Crippen LogP contribution in [0.25, 0.3) is 0 Å². The maximum Gasteiger partial charge on any atom is 0.315 e. The lowest BCUT2D eigenvalue weighted by Crippen LogP contribution is -2.56. The van der Waals surface area contributed by atoms with Crippen molar-refractivity contribution in [2.24, 2.45) is 5.92 Å². The largest absolute Gasteiger partial charge is 0.491 e. The highest BCUT2D eigenvalue weighted by molar-refractivity contribution is 5.75. The highest BCUT2D eigenvalue weighted by Crippen LogP contribution is 2.39. The lowest BCUT2D eigenvalue weighted by Gasteiger charge is -2.29. The number of rotatable bonds is 7. The first-order chi connectivity index (χ1) is 10.4. The first-order valence-corrected chi connectivity index (χ1v) is 7.51. The molecule has 0 heterocycles. The summed E-state index contributed by atoms with van der Waals surface area (Å²) in [6.07, 6.45) is 2.06. The highest BCUT2D eigenvalue weighted by atomic mass is 19.1. The third-order valence-electron chi connectivity index (χ3n) is 3.90. The van der Waals surface area contributed by atoms with Crippen LogP contribution in [0.5, 0.6) is 5.75 Å². The Morgan fingerprint density at radius 3 is 2.64 bits per heavy atom. The number of urea groups is 1. The van der Waals surface area contributed by atoms with Gasteiger partial charge in [0.2, 0.25) is 0 Å². The van der Waals surface area contributed by atoms with Gasteiger partial charge in [0.05, 0.1) is 18.2 Å². The van der Waals surface area contributed by atoms with E-state index in [1.807, 2.05) is 13.8 Å². The highest BCUT2D eigenvalue weighted by Gasteiger charge is 2.42. The van der Waals surface area contributed by atoms with Crippen LogP contribution in [0.1, 0.15) is 26.7 Å². The van der Waals surface area contributed by atoms with E-state index in [0.29, 0.717) is 11.7 Å². The second-order valence-electron chi connectivity index (χ2n) is 6.11. The summed E-state index contributed by atoms with van der Waals surface area (Å²) in [4.78, 5) is 12.0. The normalized spacial score (nSPS) is 18.2. The Morgan fingerprint density at radius 1 is 1.45 bits per heavy atom. The van der Waals surface area contributed by atoms with Crippen LogP contribution in [0.3, 0.4) is 0 Å². The van der Waals surface area contributed by atoms with Crippen molar-refractivity contribution in [1.82, 2.24) is 10.6 Å². The number of aliphatic hydroxyl groups is 1. The van der Waals surface area contributed by atoms with E-state index >= 15 is 0 Å². The number of halogens is 1. The van der Waals surface area contributed by atoms with Crippen molar-refractivity contribution in [3.8, 4) is 5.75 Å². The summed E-state index contributed by atoms with van der Waals surface area (Å²) in [5, 5.41) is 15.1. The Balaban J connectivity index is 1.75. The minimum Gasteiger partial charge on any atom is -0.491 e. The number of hydrogen-bond acceptors (Lipinski definition) is 3. The van der Waals surface area contributed by atoms with Crippen molar-refractivity contribution in [3.63, 3.8) is 0 Å². The third kappa shape index (κ3) is 4.59. The monoisotopic (exact) mass is 310 g/mol. The minimum absolute atomic E-state index is 0.0778. The van der Waals surface area contributed by atoms with Crippen LogP contribution in [0.2, 0.25) is 0 Å². The number of ether oxygens (including phenoxy) is 1. The molecule has 1 aliphatic carbocycles. The Labute approximate surface area is 129 Å². The number of benzene rings is 1. The van der Waals surface area contributed by atoms with E-state index in [-0.39, 0.29) is 31.1 Å². The van der Waals surface area contributed by atoms with E-state index in [1.54, 1.807) is 0 Å². The fourth-order valence-electron chi connectivity index (χ4n) is 2.30. The van der Waals surface area contributed by atoms with E-state index in [9.17, 15) is 14.3 Å². The predicted molar refractivity (Wildman–Crippen MR) is 81.2 cm³/mol. The molecular weight excluding hydrogens is 287 g/mol. The van der Waals surface area contributed by atoms with Gasteiger partial charge in [-0.3, -0.25) is 0 Å². The van der Waals surface area contributed by atoms with E-state index in [2.05, 4.69) is 10.6 Å². The molecule has 2 amide bonds. The first-order valence-electron chi connectivity index (χ1n) is 7.51. The van der Waals surface area contributed by atoms with Gasteiger partial charge < -0.3 is 20.5 Å². The molecule has 0 radical (unpaired) electrons. The van der Waals surface area contributed by atoms with Crippen LogP contribution in [0.4, 0.5) is 9.18 Å². The van der Waals surface area contributed by atoms with Gasteiger partial charge in [-0.05, 0) is 56.9 Å². The molecule has 0 bridgehead atoms. The van der Waals surface area contributed by atoms with Crippen molar-refractivity contribution in [3.05, 3.63) is 30.1 Å². The molecular formula is C16H23FN2O3. The minimum atomic E-state index is -0.568. The average molecular weight is 310 g/mol. The van der Waals surface area contributed by atoms with Gasteiger partial charge in [-0.1, -0.05) is 0 Å². The van der Waals surface area contributed by atoms with Crippen molar-refractivity contribution in [2.45, 2.75) is 38.3 Å². The summed E-state index contributed by atoms with van der Waals surface area (Å²) in [5.41, 5.74) is -0.568. The van der Waals surface area contributed by atoms with Gasteiger partial charge in [-0.2, -0.15) is 0 Å². The molecule has 22 heavy (non-hydrogen) atoms. The van der Waals surface area contributed by atoms with E-state index in [0.717, 1.165) is 12.8 Å². The number of aliphatic hydroxyl groups excluding tert-OH is 1. The summed E-state index contributed by atoms with van der Waals surface area (Å²) in [6, 6.07) is 5.19. The fraction of sp³-hybridized carbons (Fsp3) is 0.562. The van der Waals surface area contributed by atoms with Gasteiger partial charge in [-0.25, -0.2) is 9.18 Å². The Kier molecular flexibility index (Phi) is 5.24. The Hall–Kier alpha value is -1.82. The molecule has 1 fully saturated rings. The van der Waals surface area contributed by atoms with Crippen LogP contribution in [0.15, 0.2) is 24.3 Å². The number of nitrogens with one attached hydrogen (secondary N) is 2. The molecule has 0 aliphatic heterocycles. The summed E-state index contributed by atoms with van der Waals surface area (Å²) in [5.74, 6) is 0.573. The summed E-state index contributed by atoms with van der Waals surface area (Å²) in [7, 11) is 0. The molecule has 1 aliphatic rings. The zero-order chi connectivity index (χ0) is 16.2. The topological polar surface area (TPSA) is 70.6 Å². The van der Waals surface area contributed by atoms with Crippen LogP contribution in [0, 0.1) is 11.7 Å². The summed E-state index contributed by atoms with van der Waals surface area (Å²) in [6.45, 7) is 3.87. The van der Waals surface area contributed by atoms with Gasteiger partial charge in [0, 0.05) is 0 Å². The molecule has 6 heteroatoms. The van der Waals surface area contributed by atoms with Gasteiger partial charge in [0.25, 0.3) is 0 Å². The molecule has 1 aromatic carbocycles. The van der Waals surface area contributed by atoms with Crippen LogP contribution in [-0.2, 0) is 0 Å². The predicted octanol–water partition coefficient (Wildman–Crippen LogP) is 2.05. The van der Waals surface area contributed by atoms with Gasteiger partial charge in [0.1, 0.15) is 18.2 Å². The molecule has 0 spiro atoms. The van der Waals surface area contributed by atoms with Gasteiger partial charge in [0.15, 0.2) is 0 Å². The molecule has 0 aromatic heterocycles. The molecule has 5 nitrogen and oxygen atoms in total. The van der Waals surface area contributed by atoms with Crippen LogP contribution in [-0.4, -0.2) is 35.9 Å². The molecule has 2 unspecified atom stereocenters. The van der Waals surface area contributed by atoms with Crippen molar-refractivity contribution >= 4 is 6.03 Å². The Morgan fingerprint density at radius 2 is 2.09 bits per heavy atom. The summed E-state index contributed by atoms with van der Waals surface area (Å²) < 4.78 is 18.3. The number of hydrogen-bond donors (Lipinski definition) is 3. The fourth-order valence-corrected chi connectivity index (χ4v) is 2.30. The van der Waals surface area contributed by atoms with Gasteiger partial charge >= 0.3 is 6.03 Å². The van der Waals surface area contributed by atoms with E-state index in [1.165, 1.54) is 24.3 Å². The van der Waals surface area contributed by atoms with E-state index in [4.69, 9.17) is 4.74 Å². The molecule has 2 rings (SSSR count). The Bertz CT molecular complexity index is 505. The van der Waals surface area contributed by atoms with Crippen molar-refractivity contribution in [1.29, 1.82) is 0 Å². The van der Waals surface area contributed by atoms with Crippen molar-refractivity contribution < 1.29 is 19.0 Å². The smallest absolute Gasteiger partial charge is 0.315 e. The lowest BCUT2D eigenvalue weighted by molar-refractivity contribution is 0.152. The second-order valence-corrected chi connectivity index (χ2v) is 6.11. The average Bonchev–Trinajstić information content (AvgIpc) is 3.31. The molecule has 2 atom stereocenters. The van der Waals surface area contributed by atoms with Crippen molar-refractivity contribution in [2.75, 3.05) is 13.2 Å². The molecule has 122 valence electrons. The molecule has 3 N–H and O–H groups in total. The number of amides is 2. The first kappa shape index (κ1) is 16.5. The zero-order valence-electron chi connectivity index (χ0n) is 12.9. The molecule has 1 saturated carbocycles. The molecule has 1 aromatic rings. The maximum atomic E-state index is 12.8. The molecule has 0 saturated heterocycles. The van der Waals surface area contributed by atoms with Crippen LogP contribution < -0.4 is 15.4 Å². The summed E-state index contributed by atoms with van der Waals surface area (Å²) >= 11 is 0. The van der Waals surface area contributed by atoms with Gasteiger partial charge in [-0.15, -0.1) is 0 Å². The van der Waals surface area contributed by atoms with E-state index < -0.39 is 5.54 Å². The number of carbonyl (C=O) groups excluding carboxylic acids is 1. The maximum absolute atomic E-state index is 12.8. The standard InChI is InChI=1S/C16H23FN2O3/c1-11(9-22-14-7-5-13(17)6-8-14)18-15(21)19-16(2,10-20)12-3-4-12/h5-8,11-12,20H,3-4,9-10H2,1-2H3,(H2,18,19,21). The number of carbonyl (C=O) groups is 1.